The highest BCUT2D eigenvalue weighted by Gasteiger charge is 2.33. The van der Waals surface area contributed by atoms with Crippen molar-refractivity contribution in [3.8, 4) is 11.1 Å². The van der Waals surface area contributed by atoms with E-state index in [1.54, 1.807) is 18.2 Å². The zero-order chi connectivity index (χ0) is 12.5. The molecule has 0 aliphatic rings. The summed E-state index contributed by atoms with van der Waals surface area (Å²) in [5.41, 5.74) is -0.00903. The lowest BCUT2D eigenvalue weighted by atomic mass is 10.0. The molecule has 0 saturated carbocycles. The maximum Gasteiger partial charge on any atom is 0.417 e. The summed E-state index contributed by atoms with van der Waals surface area (Å²) < 4.78 is 39.1. The van der Waals surface area contributed by atoms with Crippen LogP contribution < -0.4 is 0 Å². The number of hydrogen-bond donors (Lipinski definition) is 0. The van der Waals surface area contributed by atoms with Crippen LogP contribution >= 0.6 is 22.6 Å². The summed E-state index contributed by atoms with van der Waals surface area (Å²) in [4.78, 5) is 4.00. The van der Waals surface area contributed by atoms with Crippen molar-refractivity contribution in [3.63, 3.8) is 0 Å². The molecular formula is C12H7F3IN. The Hall–Kier alpha value is -1.11. The first kappa shape index (κ1) is 12.3. The van der Waals surface area contributed by atoms with Crippen molar-refractivity contribution in [1.82, 2.24) is 4.98 Å². The number of rotatable bonds is 1. The van der Waals surface area contributed by atoms with E-state index in [0.29, 0.717) is 5.56 Å². The first-order valence-electron chi connectivity index (χ1n) is 4.76. The fraction of sp³-hybridized carbons (Fsp3) is 0.0833. The monoisotopic (exact) mass is 349 g/mol. The second-order valence-corrected chi connectivity index (χ2v) is 4.52. The lowest BCUT2D eigenvalue weighted by Gasteiger charge is -2.12. The summed E-state index contributed by atoms with van der Waals surface area (Å²) in [6.07, 6.45) is -2.90. The molecule has 1 heterocycles. The minimum atomic E-state index is -4.35. The van der Waals surface area contributed by atoms with E-state index in [1.807, 2.05) is 22.6 Å². The Bertz CT molecular complexity index is 520. The topological polar surface area (TPSA) is 12.9 Å². The second kappa shape index (κ2) is 4.64. The SMILES string of the molecule is FC(F)(F)c1ccccc1-c1ccc(I)nc1. The highest BCUT2D eigenvalue weighted by molar-refractivity contribution is 14.1. The molecule has 1 aromatic carbocycles. The average molecular weight is 349 g/mol. The van der Waals surface area contributed by atoms with E-state index >= 15 is 0 Å². The fourth-order valence-corrected chi connectivity index (χ4v) is 1.84. The molecule has 0 N–H and O–H groups in total. The molecule has 0 fully saturated rings. The molecule has 0 aliphatic heterocycles. The molecule has 0 saturated heterocycles. The Morgan fingerprint density at radius 3 is 2.29 bits per heavy atom. The molecule has 1 nitrogen and oxygen atoms in total. The van der Waals surface area contributed by atoms with Crippen LogP contribution in [0.5, 0.6) is 0 Å². The smallest absolute Gasteiger partial charge is 0.250 e. The summed E-state index contributed by atoms with van der Waals surface area (Å²) in [6.45, 7) is 0. The number of alkyl halides is 3. The number of hydrogen-bond acceptors (Lipinski definition) is 1. The molecule has 17 heavy (non-hydrogen) atoms. The van der Waals surface area contributed by atoms with Crippen molar-refractivity contribution in [2.24, 2.45) is 0 Å². The van der Waals surface area contributed by atoms with Crippen molar-refractivity contribution >= 4 is 22.6 Å². The third kappa shape index (κ3) is 2.77. The van der Waals surface area contributed by atoms with Crippen LogP contribution in [0.2, 0.25) is 0 Å². The van der Waals surface area contributed by atoms with Gasteiger partial charge in [0, 0.05) is 11.8 Å². The zero-order valence-corrected chi connectivity index (χ0v) is 10.7. The van der Waals surface area contributed by atoms with Gasteiger partial charge in [-0.1, -0.05) is 24.3 Å². The average Bonchev–Trinajstić information content (AvgIpc) is 2.29. The first-order chi connectivity index (χ1) is 7.98. The predicted octanol–water partition coefficient (Wildman–Crippen LogP) is 4.37. The van der Waals surface area contributed by atoms with E-state index in [1.165, 1.54) is 18.3 Å². The van der Waals surface area contributed by atoms with Crippen LogP contribution in [-0.2, 0) is 6.18 Å². The Morgan fingerprint density at radius 2 is 1.71 bits per heavy atom. The molecule has 5 heteroatoms. The molecule has 0 radical (unpaired) electrons. The summed E-state index contributed by atoms with van der Waals surface area (Å²) in [5.74, 6) is 0. The summed E-state index contributed by atoms with van der Waals surface area (Å²) in [7, 11) is 0. The van der Waals surface area contributed by atoms with Crippen LogP contribution in [0, 0.1) is 3.70 Å². The Morgan fingerprint density at radius 1 is 1.00 bits per heavy atom. The van der Waals surface area contributed by atoms with Gasteiger partial charge in [-0.3, -0.25) is 0 Å². The van der Waals surface area contributed by atoms with Crippen molar-refractivity contribution < 1.29 is 13.2 Å². The Labute approximate surface area is 110 Å². The molecule has 2 aromatic rings. The number of benzene rings is 1. The summed E-state index contributed by atoms with van der Waals surface area (Å²) in [6, 6.07) is 8.82. The van der Waals surface area contributed by atoms with Crippen molar-refractivity contribution in [2.75, 3.05) is 0 Å². The van der Waals surface area contributed by atoms with E-state index in [-0.39, 0.29) is 5.56 Å². The minimum Gasteiger partial charge on any atom is -0.250 e. The quantitative estimate of drug-likeness (QED) is 0.550. The Kier molecular flexibility index (Phi) is 3.37. The van der Waals surface area contributed by atoms with Crippen LogP contribution in [-0.4, -0.2) is 4.98 Å². The Balaban J connectivity index is 2.56. The highest BCUT2D eigenvalue weighted by Crippen LogP contribution is 2.36. The van der Waals surface area contributed by atoms with Gasteiger partial charge in [-0.25, -0.2) is 4.98 Å². The molecule has 0 amide bonds. The molecule has 0 atom stereocenters. The number of pyridine rings is 1. The predicted molar refractivity (Wildman–Crippen MR) is 67.4 cm³/mol. The first-order valence-corrected chi connectivity index (χ1v) is 5.84. The molecule has 0 aliphatic carbocycles. The van der Waals surface area contributed by atoms with E-state index in [2.05, 4.69) is 4.98 Å². The standard InChI is InChI=1S/C12H7F3IN/c13-12(14,15)10-4-2-1-3-9(10)8-5-6-11(16)17-7-8/h1-7H. The molecule has 0 bridgehead atoms. The maximum atomic E-state index is 12.8. The summed E-state index contributed by atoms with van der Waals surface area (Å²) >= 11 is 2.01. The molecule has 2 rings (SSSR count). The number of nitrogens with zero attached hydrogens (tertiary/aromatic N) is 1. The van der Waals surface area contributed by atoms with Crippen LogP contribution in [0.4, 0.5) is 13.2 Å². The van der Waals surface area contributed by atoms with Crippen molar-refractivity contribution in [3.05, 3.63) is 51.9 Å². The van der Waals surface area contributed by atoms with Gasteiger partial charge in [0.2, 0.25) is 0 Å². The van der Waals surface area contributed by atoms with E-state index in [4.69, 9.17) is 0 Å². The van der Waals surface area contributed by atoms with Gasteiger partial charge >= 0.3 is 6.18 Å². The van der Waals surface area contributed by atoms with E-state index in [9.17, 15) is 13.2 Å². The molecule has 1 aromatic heterocycles. The fourth-order valence-electron chi connectivity index (χ4n) is 1.52. The normalized spacial score (nSPS) is 11.5. The van der Waals surface area contributed by atoms with Gasteiger partial charge in [0.15, 0.2) is 0 Å². The van der Waals surface area contributed by atoms with Gasteiger partial charge in [0.25, 0.3) is 0 Å². The lowest BCUT2D eigenvalue weighted by Crippen LogP contribution is -2.06. The maximum absolute atomic E-state index is 12.8. The molecular weight excluding hydrogens is 342 g/mol. The lowest BCUT2D eigenvalue weighted by molar-refractivity contribution is -0.137. The zero-order valence-electron chi connectivity index (χ0n) is 8.50. The second-order valence-electron chi connectivity index (χ2n) is 3.41. The minimum absolute atomic E-state index is 0.156. The third-order valence-electron chi connectivity index (χ3n) is 2.27. The summed E-state index contributed by atoms with van der Waals surface area (Å²) in [5, 5.41) is 0. The van der Waals surface area contributed by atoms with Gasteiger partial charge in [-0.2, -0.15) is 13.2 Å². The number of aromatic nitrogens is 1. The van der Waals surface area contributed by atoms with Crippen LogP contribution in [0.15, 0.2) is 42.6 Å². The molecule has 0 unspecified atom stereocenters. The number of halogens is 4. The van der Waals surface area contributed by atoms with Crippen molar-refractivity contribution in [1.29, 1.82) is 0 Å². The van der Waals surface area contributed by atoms with Gasteiger partial charge in [0.1, 0.15) is 3.70 Å². The van der Waals surface area contributed by atoms with Crippen LogP contribution in [0.25, 0.3) is 11.1 Å². The van der Waals surface area contributed by atoms with Gasteiger partial charge in [0.05, 0.1) is 5.56 Å². The third-order valence-corrected chi connectivity index (χ3v) is 2.91. The van der Waals surface area contributed by atoms with Gasteiger partial charge < -0.3 is 0 Å². The van der Waals surface area contributed by atoms with Crippen LogP contribution in [0.1, 0.15) is 5.56 Å². The van der Waals surface area contributed by atoms with Gasteiger partial charge in [-0.05, 0) is 40.3 Å². The largest absolute Gasteiger partial charge is 0.417 e. The van der Waals surface area contributed by atoms with Crippen LogP contribution in [0.3, 0.4) is 0 Å². The van der Waals surface area contributed by atoms with Crippen molar-refractivity contribution in [2.45, 2.75) is 6.18 Å². The van der Waals surface area contributed by atoms with E-state index in [0.717, 1.165) is 9.77 Å². The highest BCUT2D eigenvalue weighted by atomic mass is 127. The van der Waals surface area contributed by atoms with E-state index < -0.39 is 11.7 Å². The molecule has 88 valence electrons. The van der Waals surface area contributed by atoms with Gasteiger partial charge in [-0.15, -0.1) is 0 Å². The molecule has 0 spiro atoms.